The van der Waals surface area contributed by atoms with Crippen molar-refractivity contribution >= 4 is 21.7 Å². The van der Waals surface area contributed by atoms with E-state index in [4.69, 9.17) is 14.6 Å². The molecule has 1 rings (SSSR count). The zero-order valence-electron chi connectivity index (χ0n) is 11.7. The Kier molecular flexibility index (Phi) is 5.14. The van der Waals surface area contributed by atoms with Crippen LogP contribution in [0, 0.1) is 0 Å². The lowest BCUT2D eigenvalue weighted by atomic mass is 10.2. The van der Waals surface area contributed by atoms with Gasteiger partial charge in [0.15, 0.2) is 21.3 Å². The van der Waals surface area contributed by atoms with Crippen molar-refractivity contribution < 1.29 is 32.6 Å². The molecule has 1 aromatic carbocycles. The van der Waals surface area contributed by atoms with Crippen LogP contribution in [-0.4, -0.2) is 52.4 Å². The second-order valence-electron chi connectivity index (χ2n) is 3.94. The molecule has 0 radical (unpaired) electrons. The van der Waals surface area contributed by atoms with Crippen LogP contribution in [0.4, 0.5) is 0 Å². The lowest BCUT2D eigenvalue weighted by Crippen LogP contribution is -2.27. The van der Waals surface area contributed by atoms with Crippen LogP contribution >= 0.6 is 0 Å². The first-order valence-electron chi connectivity index (χ1n) is 5.69. The molecule has 0 atom stereocenters. The predicted octanol–water partition coefficient (Wildman–Crippen LogP) is -0.0783. The minimum absolute atomic E-state index is 0.0483. The summed E-state index contributed by atoms with van der Waals surface area (Å²) in [6.45, 7) is 0. The fourth-order valence-corrected chi connectivity index (χ4v) is 2.85. The number of ether oxygens (including phenoxy) is 2. The van der Waals surface area contributed by atoms with Gasteiger partial charge in [0, 0.05) is 13.1 Å². The molecule has 0 spiro atoms. The quantitative estimate of drug-likeness (QED) is 0.753. The third-order valence-corrected chi connectivity index (χ3v) is 4.24. The van der Waals surface area contributed by atoms with Crippen LogP contribution < -0.4 is 14.8 Å². The first kappa shape index (κ1) is 16.8. The van der Waals surface area contributed by atoms with Crippen molar-refractivity contribution in [1.29, 1.82) is 0 Å². The molecule has 9 heteroatoms. The normalized spacial score (nSPS) is 10.8. The van der Waals surface area contributed by atoms with Gasteiger partial charge in [0.05, 0.1) is 19.1 Å². The van der Waals surface area contributed by atoms with Gasteiger partial charge in [-0.1, -0.05) is 0 Å². The van der Waals surface area contributed by atoms with Crippen molar-refractivity contribution in [3.05, 3.63) is 17.7 Å². The molecule has 1 aromatic rings. The summed E-state index contributed by atoms with van der Waals surface area (Å²) >= 11 is 0. The summed E-state index contributed by atoms with van der Waals surface area (Å²) in [4.78, 5) is 22.1. The van der Waals surface area contributed by atoms with E-state index < -0.39 is 27.5 Å². The van der Waals surface area contributed by atoms with E-state index in [2.05, 4.69) is 5.32 Å². The molecule has 0 aliphatic rings. The molecular formula is C12H15NO7S. The summed E-state index contributed by atoms with van der Waals surface area (Å²) in [5.74, 6) is -3.02. The molecule has 2 N–H and O–H groups in total. The maximum Gasteiger partial charge on any atom is 0.339 e. The zero-order chi connectivity index (χ0) is 16.2. The third-order valence-electron chi connectivity index (χ3n) is 2.64. The minimum atomic E-state index is -4.00. The third kappa shape index (κ3) is 3.63. The van der Waals surface area contributed by atoms with Gasteiger partial charge in [-0.05, 0) is 6.07 Å². The number of rotatable bonds is 6. The van der Waals surface area contributed by atoms with E-state index >= 15 is 0 Å². The number of hydrogen-bond acceptors (Lipinski definition) is 6. The van der Waals surface area contributed by atoms with Crippen LogP contribution in [-0.2, 0) is 14.6 Å². The highest BCUT2D eigenvalue weighted by molar-refractivity contribution is 7.92. The molecule has 0 saturated heterocycles. The summed E-state index contributed by atoms with van der Waals surface area (Å²) in [7, 11) is -0.208. The van der Waals surface area contributed by atoms with Gasteiger partial charge >= 0.3 is 5.97 Å². The SMILES string of the molecule is CNC(=O)CS(=O)(=O)c1cc(OC)c(OC)c(C(=O)O)c1. The standard InChI is InChI=1S/C12H15NO7S/c1-13-10(14)6-21(17,18)7-4-8(12(15)16)11(20-3)9(5-7)19-2/h4-5H,6H2,1-3H3,(H,13,14)(H,15,16). The second-order valence-corrected chi connectivity index (χ2v) is 5.93. The number of carboxylic acid groups (broad SMARTS) is 1. The number of hydrogen-bond donors (Lipinski definition) is 2. The van der Waals surface area contributed by atoms with Crippen LogP contribution in [0.15, 0.2) is 17.0 Å². The molecule has 0 heterocycles. The van der Waals surface area contributed by atoms with Crippen molar-refractivity contribution in [1.82, 2.24) is 5.32 Å². The molecule has 1 amide bonds. The Labute approximate surface area is 121 Å². The Morgan fingerprint density at radius 1 is 1.24 bits per heavy atom. The molecule has 0 aliphatic heterocycles. The Hall–Kier alpha value is -2.29. The number of sulfone groups is 1. The van der Waals surface area contributed by atoms with Gasteiger partial charge in [-0.15, -0.1) is 0 Å². The number of carbonyl (C=O) groups is 2. The summed E-state index contributed by atoms with van der Waals surface area (Å²) in [5.41, 5.74) is -0.368. The maximum atomic E-state index is 12.1. The van der Waals surface area contributed by atoms with Gasteiger partial charge in [-0.3, -0.25) is 4.79 Å². The number of methoxy groups -OCH3 is 2. The molecule has 116 valence electrons. The molecule has 0 unspecified atom stereocenters. The first-order valence-corrected chi connectivity index (χ1v) is 7.34. The van der Waals surface area contributed by atoms with Crippen molar-refractivity contribution in [3.63, 3.8) is 0 Å². The van der Waals surface area contributed by atoms with Gasteiger partial charge in [0.2, 0.25) is 5.91 Å². The van der Waals surface area contributed by atoms with Crippen LogP contribution in [0.2, 0.25) is 0 Å². The summed E-state index contributed by atoms with van der Waals surface area (Å²) in [6.07, 6.45) is 0. The number of nitrogens with one attached hydrogen (secondary N) is 1. The number of benzene rings is 1. The largest absolute Gasteiger partial charge is 0.493 e. The average molecular weight is 317 g/mol. The summed E-state index contributed by atoms with van der Waals surface area (Å²) in [6, 6.07) is 2.05. The Morgan fingerprint density at radius 3 is 2.29 bits per heavy atom. The predicted molar refractivity (Wildman–Crippen MR) is 72.6 cm³/mol. The monoisotopic (exact) mass is 317 g/mol. The molecular weight excluding hydrogens is 302 g/mol. The number of carbonyl (C=O) groups excluding carboxylic acids is 1. The Balaban J connectivity index is 3.48. The number of carboxylic acids is 1. The topological polar surface area (TPSA) is 119 Å². The van der Waals surface area contributed by atoms with Crippen LogP contribution in [0.1, 0.15) is 10.4 Å². The van der Waals surface area contributed by atoms with Gasteiger partial charge < -0.3 is 19.9 Å². The number of aromatic carboxylic acids is 1. The lowest BCUT2D eigenvalue weighted by molar-refractivity contribution is -0.118. The smallest absolute Gasteiger partial charge is 0.339 e. The zero-order valence-corrected chi connectivity index (χ0v) is 12.5. The average Bonchev–Trinajstić information content (AvgIpc) is 2.44. The molecule has 0 aromatic heterocycles. The van der Waals surface area contributed by atoms with Crippen LogP contribution in [0.25, 0.3) is 0 Å². The number of amides is 1. The van der Waals surface area contributed by atoms with Crippen molar-refractivity contribution in [2.45, 2.75) is 4.90 Å². The van der Waals surface area contributed by atoms with E-state index in [0.717, 1.165) is 12.1 Å². The molecule has 21 heavy (non-hydrogen) atoms. The summed E-state index contributed by atoms with van der Waals surface area (Å²) in [5, 5.41) is 11.3. The van der Waals surface area contributed by atoms with E-state index in [9.17, 15) is 18.0 Å². The van der Waals surface area contributed by atoms with Gasteiger partial charge in [0.1, 0.15) is 11.3 Å². The Bertz CT molecular complexity index is 666. The van der Waals surface area contributed by atoms with Crippen molar-refractivity contribution in [3.8, 4) is 11.5 Å². The molecule has 0 bridgehead atoms. The van der Waals surface area contributed by atoms with Crippen LogP contribution in [0.3, 0.4) is 0 Å². The summed E-state index contributed by atoms with van der Waals surface area (Å²) < 4.78 is 34.0. The van der Waals surface area contributed by atoms with E-state index in [1.807, 2.05) is 0 Å². The van der Waals surface area contributed by atoms with E-state index in [0.29, 0.717) is 0 Å². The highest BCUT2D eigenvalue weighted by Crippen LogP contribution is 2.34. The van der Waals surface area contributed by atoms with Gasteiger partial charge in [0.25, 0.3) is 0 Å². The lowest BCUT2D eigenvalue weighted by Gasteiger charge is -2.13. The fourth-order valence-electron chi connectivity index (χ4n) is 1.61. The van der Waals surface area contributed by atoms with Crippen molar-refractivity contribution in [2.24, 2.45) is 0 Å². The second kappa shape index (κ2) is 6.44. The van der Waals surface area contributed by atoms with E-state index in [-0.39, 0.29) is 22.0 Å². The Morgan fingerprint density at radius 2 is 1.86 bits per heavy atom. The van der Waals surface area contributed by atoms with Gasteiger partial charge in [-0.2, -0.15) is 0 Å². The highest BCUT2D eigenvalue weighted by atomic mass is 32.2. The van der Waals surface area contributed by atoms with E-state index in [1.165, 1.54) is 21.3 Å². The first-order chi connectivity index (χ1) is 9.76. The minimum Gasteiger partial charge on any atom is -0.493 e. The molecule has 8 nitrogen and oxygen atoms in total. The molecule has 0 fully saturated rings. The van der Waals surface area contributed by atoms with Gasteiger partial charge in [-0.25, -0.2) is 13.2 Å². The molecule has 0 aliphatic carbocycles. The molecule has 0 saturated carbocycles. The highest BCUT2D eigenvalue weighted by Gasteiger charge is 2.25. The van der Waals surface area contributed by atoms with Crippen LogP contribution in [0.5, 0.6) is 11.5 Å². The fraction of sp³-hybridized carbons (Fsp3) is 0.333. The maximum absolute atomic E-state index is 12.1. The van der Waals surface area contributed by atoms with E-state index in [1.54, 1.807) is 0 Å². The van der Waals surface area contributed by atoms with Crippen molar-refractivity contribution in [2.75, 3.05) is 27.0 Å².